The first-order valence-electron chi connectivity index (χ1n) is 7.16. The van der Waals surface area contributed by atoms with Crippen molar-refractivity contribution < 1.29 is 9.90 Å². The van der Waals surface area contributed by atoms with Crippen molar-refractivity contribution in [3.8, 4) is 11.3 Å². The van der Waals surface area contributed by atoms with Gasteiger partial charge in [0.2, 0.25) is 0 Å². The molecule has 2 aromatic heterocycles. The number of carboxylic acids is 1. The fourth-order valence-electron chi connectivity index (χ4n) is 2.47. The summed E-state index contributed by atoms with van der Waals surface area (Å²) in [6, 6.07) is 13.9. The highest BCUT2D eigenvalue weighted by Gasteiger charge is 2.12. The molecule has 0 bridgehead atoms. The van der Waals surface area contributed by atoms with Crippen LogP contribution in [0.1, 0.15) is 24.8 Å². The summed E-state index contributed by atoms with van der Waals surface area (Å²) in [5, 5.41) is 10.0. The topological polar surface area (TPSA) is 63.1 Å². The molecule has 0 aliphatic rings. The molecule has 3 aromatic rings. The fraction of sp³-hybridized carbons (Fsp3) is 0.167. The second-order valence-electron chi connectivity index (χ2n) is 5.40. The molecule has 0 saturated heterocycles. The Morgan fingerprint density at radius 3 is 2.82 bits per heavy atom. The second kappa shape index (κ2) is 5.93. The minimum atomic E-state index is -0.804. The van der Waals surface area contributed by atoms with E-state index in [9.17, 15) is 4.79 Å². The van der Waals surface area contributed by atoms with Gasteiger partial charge in [-0.3, -0.25) is 9.78 Å². The van der Waals surface area contributed by atoms with Crippen LogP contribution in [0.3, 0.4) is 0 Å². The summed E-state index contributed by atoms with van der Waals surface area (Å²) in [4.78, 5) is 19.7. The normalized spacial score (nSPS) is 12.2. The van der Waals surface area contributed by atoms with Crippen molar-refractivity contribution in [1.82, 2.24) is 9.97 Å². The average molecular weight is 292 g/mol. The standard InChI is InChI=1S/C18H16N2O2/c1-12(8-18(21)22)14-9-15(11-19-10-14)17-7-6-13-4-2-3-5-16(13)20-17/h2-7,9-12H,8H2,1H3,(H,21,22). The van der Waals surface area contributed by atoms with Gasteiger partial charge in [-0.15, -0.1) is 0 Å². The number of aliphatic carboxylic acids is 1. The summed E-state index contributed by atoms with van der Waals surface area (Å²) < 4.78 is 0. The number of hydrogen-bond acceptors (Lipinski definition) is 3. The molecule has 3 rings (SSSR count). The minimum Gasteiger partial charge on any atom is -0.481 e. The van der Waals surface area contributed by atoms with Gasteiger partial charge >= 0.3 is 5.97 Å². The van der Waals surface area contributed by atoms with E-state index in [0.29, 0.717) is 0 Å². The van der Waals surface area contributed by atoms with Gasteiger partial charge in [0.25, 0.3) is 0 Å². The Labute approximate surface area is 128 Å². The lowest BCUT2D eigenvalue weighted by molar-refractivity contribution is -0.137. The number of pyridine rings is 2. The Balaban J connectivity index is 1.98. The lowest BCUT2D eigenvalue weighted by Gasteiger charge is -2.10. The molecule has 0 aliphatic carbocycles. The van der Waals surface area contributed by atoms with Crippen LogP contribution in [0.4, 0.5) is 0 Å². The van der Waals surface area contributed by atoms with Crippen LogP contribution in [0.2, 0.25) is 0 Å². The number of carboxylic acid groups (broad SMARTS) is 1. The summed E-state index contributed by atoms with van der Waals surface area (Å²) in [6.07, 6.45) is 3.57. The number of aromatic nitrogens is 2. The first-order valence-corrected chi connectivity index (χ1v) is 7.16. The second-order valence-corrected chi connectivity index (χ2v) is 5.40. The molecule has 0 saturated carbocycles. The minimum absolute atomic E-state index is 0.0783. The molecule has 0 fully saturated rings. The van der Waals surface area contributed by atoms with E-state index in [1.807, 2.05) is 49.4 Å². The van der Waals surface area contributed by atoms with E-state index in [4.69, 9.17) is 5.11 Å². The number of hydrogen-bond donors (Lipinski definition) is 1. The third-order valence-corrected chi connectivity index (χ3v) is 3.70. The van der Waals surface area contributed by atoms with Crippen molar-refractivity contribution in [2.75, 3.05) is 0 Å². The maximum absolute atomic E-state index is 10.9. The van der Waals surface area contributed by atoms with Gasteiger partial charge in [0.05, 0.1) is 17.6 Å². The van der Waals surface area contributed by atoms with E-state index >= 15 is 0 Å². The molecule has 0 spiro atoms. The molecular weight excluding hydrogens is 276 g/mol. The number of nitrogens with zero attached hydrogens (tertiary/aromatic N) is 2. The molecule has 4 nitrogen and oxygen atoms in total. The van der Waals surface area contributed by atoms with Crippen molar-refractivity contribution in [2.24, 2.45) is 0 Å². The zero-order valence-electron chi connectivity index (χ0n) is 12.2. The van der Waals surface area contributed by atoms with Crippen LogP contribution in [0.15, 0.2) is 54.9 Å². The van der Waals surface area contributed by atoms with E-state index in [2.05, 4.69) is 9.97 Å². The highest BCUT2D eigenvalue weighted by Crippen LogP contribution is 2.25. The molecule has 2 heterocycles. The maximum Gasteiger partial charge on any atom is 0.303 e. The Hall–Kier alpha value is -2.75. The molecule has 0 aliphatic heterocycles. The zero-order chi connectivity index (χ0) is 15.5. The summed E-state index contributed by atoms with van der Waals surface area (Å²) in [5.41, 5.74) is 3.59. The number of fused-ring (bicyclic) bond motifs is 1. The largest absolute Gasteiger partial charge is 0.481 e. The Kier molecular flexibility index (Phi) is 3.83. The van der Waals surface area contributed by atoms with Crippen molar-refractivity contribution >= 4 is 16.9 Å². The molecule has 1 N–H and O–H groups in total. The van der Waals surface area contributed by atoms with Crippen molar-refractivity contribution in [2.45, 2.75) is 19.3 Å². The average Bonchev–Trinajstić information content (AvgIpc) is 2.54. The van der Waals surface area contributed by atoms with E-state index in [1.165, 1.54) is 0 Å². The molecule has 1 atom stereocenters. The van der Waals surface area contributed by atoms with Gasteiger partial charge in [-0.2, -0.15) is 0 Å². The number of rotatable bonds is 4. The van der Waals surface area contributed by atoms with Gasteiger partial charge in [-0.05, 0) is 29.7 Å². The highest BCUT2D eigenvalue weighted by molar-refractivity contribution is 5.81. The van der Waals surface area contributed by atoms with Crippen molar-refractivity contribution in [3.63, 3.8) is 0 Å². The van der Waals surface area contributed by atoms with Gasteiger partial charge in [0.1, 0.15) is 0 Å². The molecule has 4 heteroatoms. The number of carbonyl (C=O) groups is 1. The van der Waals surface area contributed by atoms with Crippen LogP contribution in [0.25, 0.3) is 22.2 Å². The molecule has 1 unspecified atom stereocenters. The third-order valence-electron chi connectivity index (χ3n) is 3.70. The van der Waals surface area contributed by atoms with E-state index in [-0.39, 0.29) is 12.3 Å². The van der Waals surface area contributed by atoms with Crippen molar-refractivity contribution in [3.05, 3.63) is 60.4 Å². The summed E-state index contributed by atoms with van der Waals surface area (Å²) in [7, 11) is 0. The zero-order valence-corrected chi connectivity index (χ0v) is 12.2. The number of benzene rings is 1. The van der Waals surface area contributed by atoms with Crippen LogP contribution in [-0.4, -0.2) is 21.0 Å². The number of para-hydroxylation sites is 1. The first-order chi connectivity index (χ1) is 10.6. The SMILES string of the molecule is CC(CC(=O)O)c1cncc(-c2ccc3ccccc3n2)c1. The highest BCUT2D eigenvalue weighted by atomic mass is 16.4. The molecule has 110 valence electrons. The predicted molar refractivity (Wildman–Crippen MR) is 85.6 cm³/mol. The molecule has 0 radical (unpaired) electrons. The maximum atomic E-state index is 10.9. The van der Waals surface area contributed by atoms with Crippen molar-refractivity contribution in [1.29, 1.82) is 0 Å². The smallest absolute Gasteiger partial charge is 0.303 e. The Bertz CT molecular complexity index is 830. The fourth-order valence-corrected chi connectivity index (χ4v) is 2.47. The predicted octanol–water partition coefficient (Wildman–Crippen LogP) is 3.88. The summed E-state index contributed by atoms with van der Waals surface area (Å²) in [6.45, 7) is 1.89. The van der Waals surface area contributed by atoms with Gasteiger partial charge in [-0.1, -0.05) is 31.2 Å². The quantitative estimate of drug-likeness (QED) is 0.792. The van der Waals surface area contributed by atoms with Crippen LogP contribution in [0.5, 0.6) is 0 Å². The van der Waals surface area contributed by atoms with Crippen LogP contribution < -0.4 is 0 Å². The van der Waals surface area contributed by atoms with Gasteiger partial charge in [0, 0.05) is 23.3 Å². The lowest BCUT2D eigenvalue weighted by Crippen LogP contribution is -2.03. The van der Waals surface area contributed by atoms with Crippen LogP contribution in [0, 0.1) is 0 Å². The molecule has 1 aromatic carbocycles. The van der Waals surface area contributed by atoms with E-state index in [1.54, 1.807) is 12.4 Å². The van der Waals surface area contributed by atoms with Gasteiger partial charge in [-0.25, -0.2) is 4.98 Å². The van der Waals surface area contributed by atoms with Gasteiger partial charge in [0.15, 0.2) is 0 Å². The van der Waals surface area contributed by atoms with Crippen LogP contribution in [-0.2, 0) is 4.79 Å². The first kappa shape index (κ1) is 14.2. The summed E-state index contributed by atoms with van der Waals surface area (Å²) >= 11 is 0. The summed E-state index contributed by atoms with van der Waals surface area (Å²) in [5.74, 6) is -0.882. The van der Waals surface area contributed by atoms with E-state index < -0.39 is 5.97 Å². The molecule has 22 heavy (non-hydrogen) atoms. The third kappa shape index (κ3) is 2.96. The van der Waals surface area contributed by atoms with Gasteiger partial charge < -0.3 is 5.11 Å². The Morgan fingerprint density at radius 1 is 1.18 bits per heavy atom. The van der Waals surface area contributed by atoms with Crippen LogP contribution >= 0.6 is 0 Å². The Morgan fingerprint density at radius 2 is 2.00 bits per heavy atom. The monoisotopic (exact) mass is 292 g/mol. The molecule has 0 amide bonds. The molecular formula is C18H16N2O2. The lowest BCUT2D eigenvalue weighted by atomic mass is 9.97. The van der Waals surface area contributed by atoms with E-state index in [0.717, 1.165) is 27.7 Å².